The number of carbonyl (C=O) groups excluding carboxylic acids is 2. The monoisotopic (exact) mass is 256 g/mol. The number of nitrogens with zero attached hydrogens (tertiary/aromatic N) is 1. The fraction of sp³-hybridized carbons (Fsp3) is 0.750. The van der Waals surface area contributed by atoms with Gasteiger partial charge in [0.05, 0.1) is 5.41 Å². The van der Waals surface area contributed by atoms with Crippen LogP contribution in [0, 0.1) is 11.3 Å². The lowest BCUT2D eigenvalue weighted by molar-refractivity contribution is -0.138. The summed E-state index contributed by atoms with van der Waals surface area (Å²) in [5.41, 5.74) is 4.66. The molecule has 102 valence electrons. The van der Waals surface area contributed by atoms with E-state index in [9.17, 15) is 14.4 Å². The average molecular weight is 256 g/mol. The number of hydrogen-bond acceptors (Lipinski definition) is 3. The molecule has 0 aliphatic carbocycles. The molecule has 0 bridgehead atoms. The van der Waals surface area contributed by atoms with Gasteiger partial charge in [-0.2, -0.15) is 0 Å². The molecular weight excluding hydrogens is 236 g/mol. The Morgan fingerprint density at radius 3 is 2.44 bits per heavy atom. The molecule has 18 heavy (non-hydrogen) atoms. The van der Waals surface area contributed by atoms with Crippen LogP contribution in [-0.2, 0) is 14.4 Å². The van der Waals surface area contributed by atoms with E-state index >= 15 is 0 Å². The summed E-state index contributed by atoms with van der Waals surface area (Å²) < 4.78 is 0. The third-order valence-electron chi connectivity index (χ3n) is 3.47. The maximum atomic E-state index is 11.9. The van der Waals surface area contributed by atoms with Crippen LogP contribution in [0.3, 0.4) is 0 Å². The van der Waals surface area contributed by atoms with Crippen molar-refractivity contribution in [3.05, 3.63) is 0 Å². The lowest BCUT2D eigenvalue weighted by Gasteiger charge is -2.22. The van der Waals surface area contributed by atoms with Crippen molar-refractivity contribution < 1.29 is 19.5 Å². The van der Waals surface area contributed by atoms with Crippen molar-refractivity contribution in [1.29, 1.82) is 0 Å². The average Bonchev–Trinajstić information content (AvgIpc) is 2.61. The van der Waals surface area contributed by atoms with Crippen LogP contribution in [0.2, 0.25) is 0 Å². The molecule has 1 saturated heterocycles. The van der Waals surface area contributed by atoms with Crippen LogP contribution in [0.5, 0.6) is 0 Å². The zero-order valence-electron chi connectivity index (χ0n) is 10.8. The van der Waals surface area contributed by atoms with Gasteiger partial charge in [0.15, 0.2) is 0 Å². The molecule has 0 spiro atoms. The number of carboxylic acid groups (broad SMARTS) is 1. The minimum absolute atomic E-state index is 0.0212. The fourth-order valence-electron chi connectivity index (χ4n) is 2.17. The number of carbonyl (C=O) groups is 3. The van der Waals surface area contributed by atoms with Crippen LogP contribution in [0.15, 0.2) is 0 Å². The van der Waals surface area contributed by atoms with E-state index in [1.54, 1.807) is 18.7 Å². The Hall–Kier alpha value is -1.59. The third-order valence-corrected chi connectivity index (χ3v) is 3.47. The first-order valence-corrected chi connectivity index (χ1v) is 6.04. The van der Waals surface area contributed by atoms with E-state index in [2.05, 4.69) is 0 Å². The van der Waals surface area contributed by atoms with Gasteiger partial charge in [-0.3, -0.25) is 14.4 Å². The molecule has 0 radical (unpaired) electrons. The number of aliphatic carboxylic acids is 1. The lowest BCUT2D eigenvalue weighted by Crippen LogP contribution is -2.39. The second kappa shape index (κ2) is 5.37. The first-order chi connectivity index (χ1) is 8.24. The van der Waals surface area contributed by atoms with Crippen molar-refractivity contribution >= 4 is 17.8 Å². The molecule has 1 aliphatic heterocycles. The number of likely N-dealkylation sites (tertiary alicyclic amines) is 1. The second-order valence-corrected chi connectivity index (χ2v) is 5.40. The smallest absolute Gasteiger partial charge is 0.303 e. The number of carboxylic acids is 1. The third kappa shape index (κ3) is 3.45. The summed E-state index contributed by atoms with van der Waals surface area (Å²) in [6, 6.07) is 0. The van der Waals surface area contributed by atoms with Crippen molar-refractivity contribution in [2.24, 2.45) is 17.1 Å². The molecule has 3 N–H and O–H groups in total. The van der Waals surface area contributed by atoms with E-state index in [4.69, 9.17) is 10.8 Å². The number of primary amides is 1. The molecule has 1 aliphatic rings. The Bertz CT molecular complexity index is 369. The zero-order chi connectivity index (χ0) is 13.9. The topological polar surface area (TPSA) is 101 Å². The molecule has 6 nitrogen and oxygen atoms in total. The summed E-state index contributed by atoms with van der Waals surface area (Å²) in [4.78, 5) is 35.3. The highest BCUT2D eigenvalue weighted by molar-refractivity contribution is 5.84. The van der Waals surface area contributed by atoms with Crippen molar-refractivity contribution in [3.63, 3.8) is 0 Å². The van der Waals surface area contributed by atoms with E-state index in [0.717, 1.165) is 0 Å². The minimum atomic E-state index is -0.904. The summed E-state index contributed by atoms with van der Waals surface area (Å²) in [6.45, 7) is 4.33. The second-order valence-electron chi connectivity index (χ2n) is 5.40. The quantitative estimate of drug-likeness (QED) is 0.734. The van der Waals surface area contributed by atoms with Crippen LogP contribution in [0.25, 0.3) is 0 Å². The van der Waals surface area contributed by atoms with Crippen molar-refractivity contribution in [2.45, 2.75) is 33.1 Å². The van der Waals surface area contributed by atoms with Gasteiger partial charge in [-0.15, -0.1) is 0 Å². The van der Waals surface area contributed by atoms with Crippen LogP contribution in [0.4, 0.5) is 0 Å². The maximum absolute atomic E-state index is 11.9. The van der Waals surface area contributed by atoms with Crippen molar-refractivity contribution in [1.82, 2.24) is 4.90 Å². The molecular formula is C12H20N2O4. The molecule has 1 heterocycles. The van der Waals surface area contributed by atoms with Crippen LogP contribution >= 0.6 is 0 Å². The first kappa shape index (κ1) is 14.5. The van der Waals surface area contributed by atoms with Gasteiger partial charge in [-0.25, -0.2) is 0 Å². The highest BCUT2D eigenvalue weighted by Crippen LogP contribution is 2.30. The van der Waals surface area contributed by atoms with Crippen molar-refractivity contribution in [2.75, 3.05) is 13.1 Å². The predicted octanol–water partition coefficient (Wildman–Crippen LogP) is 0.211. The fourth-order valence-corrected chi connectivity index (χ4v) is 2.17. The first-order valence-electron chi connectivity index (χ1n) is 6.04. The van der Waals surface area contributed by atoms with Crippen LogP contribution in [0.1, 0.15) is 33.1 Å². The zero-order valence-corrected chi connectivity index (χ0v) is 10.8. The Balaban J connectivity index is 2.50. The summed E-state index contributed by atoms with van der Waals surface area (Å²) in [5.74, 6) is -1.60. The predicted molar refractivity (Wildman–Crippen MR) is 64.5 cm³/mol. The minimum Gasteiger partial charge on any atom is -0.481 e. The Morgan fingerprint density at radius 2 is 2.00 bits per heavy atom. The van der Waals surface area contributed by atoms with Gasteiger partial charge in [0, 0.05) is 25.9 Å². The summed E-state index contributed by atoms with van der Waals surface area (Å²) in [6.07, 6.45) is 0.745. The van der Waals surface area contributed by atoms with Gasteiger partial charge in [0.25, 0.3) is 0 Å². The number of hydrogen-bond donors (Lipinski definition) is 2. The van der Waals surface area contributed by atoms with Crippen molar-refractivity contribution in [3.8, 4) is 0 Å². The summed E-state index contributed by atoms with van der Waals surface area (Å²) in [5, 5.41) is 8.63. The van der Waals surface area contributed by atoms with E-state index in [0.29, 0.717) is 19.5 Å². The lowest BCUT2D eigenvalue weighted by atomic mass is 9.89. The molecule has 2 atom stereocenters. The van der Waals surface area contributed by atoms with E-state index < -0.39 is 17.3 Å². The van der Waals surface area contributed by atoms with E-state index in [1.165, 1.54) is 0 Å². The highest BCUT2D eigenvalue weighted by Gasteiger charge is 2.40. The van der Waals surface area contributed by atoms with Crippen LogP contribution < -0.4 is 5.73 Å². The molecule has 0 saturated carbocycles. The standard InChI is InChI=1S/C12H20N2O4/c1-8(6-10(16)17)5-9(15)14-4-3-12(2,7-14)11(13)18/h8H,3-7H2,1-2H3,(H2,13,18)(H,16,17). The highest BCUT2D eigenvalue weighted by atomic mass is 16.4. The van der Waals surface area contributed by atoms with Gasteiger partial charge < -0.3 is 15.7 Å². The SMILES string of the molecule is CC(CC(=O)O)CC(=O)N1CCC(C)(C(N)=O)C1. The molecule has 1 rings (SSSR count). The van der Waals surface area contributed by atoms with Crippen LogP contribution in [-0.4, -0.2) is 40.9 Å². The Morgan fingerprint density at radius 1 is 1.39 bits per heavy atom. The molecule has 6 heteroatoms. The molecule has 1 fully saturated rings. The number of amides is 2. The molecule has 2 amide bonds. The largest absolute Gasteiger partial charge is 0.481 e. The number of nitrogens with two attached hydrogens (primary N) is 1. The van der Waals surface area contributed by atoms with E-state index in [1.807, 2.05) is 0 Å². The maximum Gasteiger partial charge on any atom is 0.303 e. The normalized spacial score (nSPS) is 24.9. The molecule has 0 aromatic heterocycles. The van der Waals surface area contributed by atoms with Gasteiger partial charge in [0.2, 0.25) is 11.8 Å². The van der Waals surface area contributed by atoms with Gasteiger partial charge >= 0.3 is 5.97 Å². The molecule has 0 aromatic rings. The Labute approximate surface area is 106 Å². The van der Waals surface area contributed by atoms with Gasteiger partial charge in [0.1, 0.15) is 0 Å². The van der Waals surface area contributed by atoms with Gasteiger partial charge in [-0.05, 0) is 19.3 Å². The van der Waals surface area contributed by atoms with Gasteiger partial charge in [-0.1, -0.05) is 6.92 Å². The van der Waals surface area contributed by atoms with E-state index in [-0.39, 0.29) is 24.7 Å². The Kier molecular flexibility index (Phi) is 4.32. The summed E-state index contributed by atoms with van der Waals surface area (Å²) in [7, 11) is 0. The molecule has 2 unspecified atom stereocenters. The number of rotatable bonds is 5. The molecule has 0 aromatic carbocycles. The summed E-state index contributed by atoms with van der Waals surface area (Å²) >= 11 is 0.